The Kier molecular flexibility index (Phi) is 5.05. The molecule has 1 aliphatic rings. The SMILES string of the molecule is COc1cccc(N2C(=S)N[C@@H](c3ccccn3)[C@@H]2c2ccn(C(C)C)c2)c1. The van der Waals surface area contributed by atoms with Gasteiger partial charge in [0.25, 0.3) is 0 Å². The van der Waals surface area contributed by atoms with Gasteiger partial charge in [0.2, 0.25) is 0 Å². The molecule has 0 spiro atoms. The standard InChI is InChI=1S/C22H24N4OS/c1-15(2)25-12-10-16(14-25)21-20(19-9-4-5-11-23-19)24-22(28)26(21)17-7-6-8-18(13-17)27-3/h4-15,20-21H,1-3H3,(H,24,28)/t20-,21-/m0/s1. The van der Waals surface area contributed by atoms with Crippen LogP contribution in [0.3, 0.4) is 0 Å². The molecular weight excluding hydrogens is 368 g/mol. The lowest BCUT2D eigenvalue weighted by molar-refractivity contribution is 0.415. The summed E-state index contributed by atoms with van der Waals surface area (Å²) in [4.78, 5) is 6.76. The minimum absolute atomic E-state index is 0.00509. The molecule has 28 heavy (non-hydrogen) atoms. The number of ether oxygens (including phenoxy) is 1. The van der Waals surface area contributed by atoms with E-state index in [-0.39, 0.29) is 12.1 Å². The second kappa shape index (κ2) is 7.64. The zero-order valence-corrected chi connectivity index (χ0v) is 17.1. The van der Waals surface area contributed by atoms with Gasteiger partial charge in [-0.3, -0.25) is 4.98 Å². The molecule has 144 valence electrons. The second-order valence-electron chi connectivity index (χ2n) is 7.18. The molecule has 0 saturated carbocycles. The van der Waals surface area contributed by atoms with Gasteiger partial charge in [-0.25, -0.2) is 0 Å². The molecule has 0 bridgehead atoms. The third kappa shape index (κ3) is 3.36. The van der Waals surface area contributed by atoms with Crippen LogP contribution in [-0.4, -0.2) is 21.8 Å². The number of anilines is 1. The van der Waals surface area contributed by atoms with Gasteiger partial charge in [0, 0.05) is 36.4 Å². The first-order valence-electron chi connectivity index (χ1n) is 9.40. The zero-order chi connectivity index (χ0) is 19.7. The highest BCUT2D eigenvalue weighted by atomic mass is 32.1. The Morgan fingerprint density at radius 3 is 2.68 bits per heavy atom. The Morgan fingerprint density at radius 1 is 1.14 bits per heavy atom. The van der Waals surface area contributed by atoms with Crippen LogP contribution in [0.25, 0.3) is 0 Å². The third-order valence-corrected chi connectivity index (χ3v) is 5.42. The number of methoxy groups -OCH3 is 1. The molecule has 0 radical (unpaired) electrons. The second-order valence-corrected chi connectivity index (χ2v) is 7.57. The molecule has 0 unspecified atom stereocenters. The van der Waals surface area contributed by atoms with E-state index in [4.69, 9.17) is 17.0 Å². The van der Waals surface area contributed by atoms with Crippen molar-refractivity contribution in [1.82, 2.24) is 14.9 Å². The van der Waals surface area contributed by atoms with Crippen LogP contribution in [-0.2, 0) is 0 Å². The van der Waals surface area contributed by atoms with Crippen molar-refractivity contribution >= 4 is 23.0 Å². The molecule has 3 heterocycles. The van der Waals surface area contributed by atoms with Crippen molar-refractivity contribution in [1.29, 1.82) is 0 Å². The summed E-state index contributed by atoms with van der Waals surface area (Å²) in [5.41, 5.74) is 3.16. The van der Waals surface area contributed by atoms with Crippen LogP contribution >= 0.6 is 12.2 Å². The summed E-state index contributed by atoms with van der Waals surface area (Å²) in [6.45, 7) is 4.36. The van der Waals surface area contributed by atoms with E-state index < -0.39 is 0 Å². The molecule has 5 nitrogen and oxygen atoms in total. The van der Waals surface area contributed by atoms with Crippen molar-refractivity contribution in [3.63, 3.8) is 0 Å². The average Bonchev–Trinajstić information content (AvgIpc) is 3.33. The molecule has 1 aromatic carbocycles. The maximum Gasteiger partial charge on any atom is 0.174 e. The minimum Gasteiger partial charge on any atom is -0.497 e. The van der Waals surface area contributed by atoms with Crippen molar-refractivity contribution in [3.8, 4) is 5.75 Å². The number of nitrogens with zero attached hydrogens (tertiary/aromatic N) is 3. The first-order valence-corrected chi connectivity index (χ1v) is 9.81. The van der Waals surface area contributed by atoms with E-state index in [0.717, 1.165) is 17.1 Å². The van der Waals surface area contributed by atoms with Crippen molar-refractivity contribution in [3.05, 3.63) is 78.4 Å². The van der Waals surface area contributed by atoms with Gasteiger partial charge in [-0.05, 0) is 62.0 Å². The number of pyridine rings is 1. The van der Waals surface area contributed by atoms with E-state index >= 15 is 0 Å². The van der Waals surface area contributed by atoms with Crippen molar-refractivity contribution < 1.29 is 4.74 Å². The molecule has 2 aromatic heterocycles. The molecule has 3 aromatic rings. The highest BCUT2D eigenvalue weighted by molar-refractivity contribution is 7.80. The van der Waals surface area contributed by atoms with Gasteiger partial charge in [-0.1, -0.05) is 12.1 Å². The molecule has 6 heteroatoms. The average molecular weight is 393 g/mol. The minimum atomic E-state index is -0.0390. The molecule has 1 saturated heterocycles. The Bertz CT molecular complexity index is 969. The van der Waals surface area contributed by atoms with Gasteiger partial charge >= 0.3 is 0 Å². The van der Waals surface area contributed by atoms with E-state index in [1.807, 2.05) is 42.6 Å². The van der Waals surface area contributed by atoms with Crippen LogP contribution in [0.4, 0.5) is 5.69 Å². The van der Waals surface area contributed by atoms with E-state index in [2.05, 4.69) is 58.1 Å². The Hall–Kier alpha value is -2.86. The van der Waals surface area contributed by atoms with Gasteiger partial charge in [-0.15, -0.1) is 0 Å². The van der Waals surface area contributed by atoms with Gasteiger partial charge in [0.15, 0.2) is 5.11 Å². The van der Waals surface area contributed by atoms with E-state index in [0.29, 0.717) is 11.2 Å². The Balaban J connectivity index is 1.81. The lowest BCUT2D eigenvalue weighted by atomic mass is 9.98. The third-order valence-electron chi connectivity index (χ3n) is 5.10. The van der Waals surface area contributed by atoms with Crippen LogP contribution in [0.1, 0.15) is 43.2 Å². The molecule has 1 aliphatic heterocycles. The first kappa shape index (κ1) is 18.5. The quantitative estimate of drug-likeness (QED) is 0.640. The predicted octanol–water partition coefficient (Wildman–Crippen LogP) is 4.65. The molecule has 2 atom stereocenters. The summed E-state index contributed by atoms with van der Waals surface area (Å²) >= 11 is 5.75. The summed E-state index contributed by atoms with van der Waals surface area (Å²) < 4.78 is 7.65. The van der Waals surface area contributed by atoms with E-state index in [1.54, 1.807) is 7.11 Å². The van der Waals surface area contributed by atoms with Crippen LogP contribution in [0.15, 0.2) is 67.1 Å². The summed E-state index contributed by atoms with van der Waals surface area (Å²) in [6, 6.07) is 16.5. The topological polar surface area (TPSA) is 42.3 Å². The van der Waals surface area contributed by atoms with Gasteiger partial charge < -0.3 is 19.5 Å². The van der Waals surface area contributed by atoms with Crippen molar-refractivity contribution in [2.24, 2.45) is 0 Å². The van der Waals surface area contributed by atoms with E-state index in [9.17, 15) is 0 Å². The van der Waals surface area contributed by atoms with Crippen LogP contribution in [0, 0.1) is 0 Å². The number of nitrogens with one attached hydrogen (secondary N) is 1. The molecule has 0 aliphatic carbocycles. The van der Waals surface area contributed by atoms with Crippen molar-refractivity contribution in [2.45, 2.75) is 32.0 Å². The molecule has 1 N–H and O–H groups in total. The van der Waals surface area contributed by atoms with Crippen LogP contribution < -0.4 is 15.0 Å². The zero-order valence-electron chi connectivity index (χ0n) is 16.2. The normalized spacial score (nSPS) is 19.1. The number of benzene rings is 1. The van der Waals surface area contributed by atoms with E-state index in [1.165, 1.54) is 5.56 Å². The highest BCUT2D eigenvalue weighted by Crippen LogP contribution is 2.42. The van der Waals surface area contributed by atoms with Crippen molar-refractivity contribution in [2.75, 3.05) is 12.0 Å². The number of thiocarbonyl (C=S) groups is 1. The Labute approximate surface area is 171 Å². The maximum atomic E-state index is 5.75. The summed E-state index contributed by atoms with van der Waals surface area (Å²) in [7, 11) is 1.68. The van der Waals surface area contributed by atoms with Crippen LogP contribution in [0.5, 0.6) is 5.75 Å². The largest absolute Gasteiger partial charge is 0.497 e. The summed E-state index contributed by atoms with van der Waals surface area (Å²) in [5, 5.41) is 4.17. The van der Waals surface area contributed by atoms with Gasteiger partial charge in [-0.2, -0.15) is 0 Å². The molecule has 1 fully saturated rings. The lowest BCUT2D eigenvalue weighted by Gasteiger charge is -2.27. The fourth-order valence-electron chi connectivity index (χ4n) is 3.66. The Morgan fingerprint density at radius 2 is 2.00 bits per heavy atom. The summed E-state index contributed by atoms with van der Waals surface area (Å²) in [6.07, 6.45) is 6.15. The number of hydrogen-bond acceptors (Lipinski definition) is 3. The summed E-state index contributed by atoms with van der Waals surface area (Å²) in [5.74, 6) is 0.806. The van der Waals surface area contributed by atoms with Gasteiger partial charge in [0.1, 0.15) is 5.75 Å². The monoisotopic (exact) mass is 392 g/mol. The molecule has 4 rings (SSSR count). The fourth-order valence-corrected chi connectivity index (χ4v) is 4.00. The van der Waals surface area contributed by atoms with Gasteiger partial charge in [0.05, 0.1) is 24.9 Å². The first-order chi connectivity index (χ1) is 13.6. The highest BCUT2D eigenvalue weighted by Gasteiger charge is 2.41. The fraction of sp³-hybridized carbons (Fsp3) is 0.273. The number of rotatable bonds is 5. The number of aromatic nitrogens is 2. The molecular formula is C22H24N4OS. The lowest BCUT2D eigenvalue weighted by Crippen LogP contribution is -2.29. The molecule has 0 amide bonds. The van der Waals surface area contributed by atoms with Crippen LogP contribution in [0.2, 0.25) is 0 Å². The predicted molar refractivity (Wildman–Crippen MR) is 116 cm³/mol. The number of hydrogen-bond donors (Lipinski definition) is 1. The maximum absolute atomic E-state index is 5.75. The smallest absolute Gasteiger partial charge is 0.174 e.